The minimum atomic E-state index is 0.357. The van der Waals surface area contributed by atoms with Gasteiger partial charge in [-0.05, 0) is 53.4 Å². The second-order valence-corrected chi connectivity index (χ2v) is 5.81. The van der Waals surface area contributed by atoms with E-state index in [2.05, 4.69) is 34.2 Å². The molecule has 106 valence electrons. The molecule has 4 heteroatoms. The van der Waals surface area contributed by atoms with E-state index < -0.39 is 0 Å². The number of rotatable bonds is 6. The second-order valence-electron chi connectivity index (χ2n) is 4.96. The Morgan fingerprint density at radius 3 is 2.42 bits per heavy atom. The lowest BCUT2D eigenvalue weighted by Gasteiger charge is -2.35. The Morgan fingerprint density at radius 2 is 1.95 bits per heavy atom. The molecule has 0 aliphatic heterocycles. The van der Waals surface area contributed by atoms with Crippen LogP contribution in [0.1, 0.15) is 37.8 Å². The van der Waals surface area contributed by atoms with Gasteiger partial charge in [0.25, 0.3) is 0 Å². The van der Waals surface area contributed by atoms with E-state index >= 15 is 0 Å². The molecule has 1 unspecified atom stereocenters. The van der Waals surface area contributed by atoms with Gasteiger partial charge >= 0.3 is 0 Å². The van der Waals surface area contributed by atoms with Gasteiger partial charge in [-0.1, -0.05) is 13.3 Å². The average molecular weight is 328 g/mol. The Bertz CT molecular complexity index is 432. The van der Waals surface area contributed by atoms with Crippen molar-refractivity contribution in [3.63, 3.8) is 0 Å². The fourth-order valence-corrected chi connectivity index (χ4v) is 3.13. The minimum Gasteiger partial charge on any atom is -0.496 e. The third-order valence-electron chi connectivity index (χ3n) is 3.88. The summed E-state index contributed by atoms with van der Waals surface area (Å²) in [6, 6.07) is 4.45. The molecule has 1 N–H and O–H groups in total. The van der Waals surface area contributed by atoms with E-state index in [0.717, 1.165) is 22.5 Å². The highest BCUT2D eigenvalue weighted by Crippen LogP contribution is 2.43. The van der Waals surface area contributed by atoms with Gasteiger partial charge in [-0.25, -0.2) is 0 Å². The van der Waals surface area contributed by atoms with Crippen LogP contribution < -0.4 is 14.8 Å². The van der Waals surface area contributed by atoms with Crippen LogP contribution in [0.15, 0.2) is 16.6 Å². The third kappa shape index (κ3) is 3.06. The summed E-state index contributed by atoms with van der Waals surface area (Å²) in [6.45, 7) is 3.11. The van der Waals surface area contributed by atoms with Gasteiger partial charge in [0.2, 0.25) is 0 Å². The molecule has 1 saturated carbocycles. The maximum atomic E-state index is 5.55. The summed E-state index contributed by atoms with van der Waals surface area (Å²) in [7, 11) is 3.42. The maximum Gasteiger partial charge on any atom is 0.133 e. The zero-order valence-corrected chi connectivity index (χ0v) is 13.4. The lowest BCUT2D eigenvalue weighted by atomic mass is 9.77. The van der Waals surface area contributed by atoms with E-state index in [9.17, 15) is 0 Å². The van der Waals surface area contributed by atoms with Crippen LogP contribution in [0.5, 0.6) is 11.5 Å². The van der Waals surface area contributed by atoms with Gasteiger partial charge in [-0.2, -0.15) is 0 Å². The summed E-state index contributed by atoms with van der Waals surface area (Å²) in [6.07, 6.45) is 3.92. The molecule has 19 heavy (non-hydrogen) atoms. The molecule has 2 rings (SSSR count). The first-order valence-electron chi connectivity index (χ1n) is 6.86. The number of hydrogen-bond acceptors (Lipinski definition) is 3. The molecule has 1 aliphatic rings. The summed E-state index contributed by atoms with van der Waals surface area (Å²) in [5.74, 6) is 2.49. The van der Waals surface area contributed by atoms with Crippen molar-refractivity contribution in [2.75, 3.05) is 20.8 Å². The standard InChI is InChI=1S/C15H22BrNO2/c1-4-17-15(10-6-5-7-10)11-8-14(19-3)12(16)9-13(11)18-2/h8-10,15,17H,4-7H2,1-3H3. The first-order valence-corrected chi connectivity index (χ1v) is 7.65. The second kappa shape index (κ2) is 6.62. The lowest BCUT2D eigenvalue weighted by Crippen LogP contribution is -2.32. The van der Waals surface area contributed by atoms with E-state index in [-0.39, 0.29) is 0 Å². The molecule has 0 aromatic heterocycles. The smallest absolute Gasteiger partial charge is 0.133 e. The number of ether oxygens (including phenoxy) is 2. The van der Waals surface area contributed by atoms with Crippen molar-refractivity contribution in [1.29, 1.82) is 0 Å². The molecule has 1 aromatic carbocycles. The quantitative estimate of drug-likeness (QED) is 0.859. The van der Waals surface area contributed by atoms with Crippen molar-refractivity contribution in [1.82, 2.24) is 5.32 Å². The molecule has 0 amide bonds. The Kier molecular flexibility index (Phi) is 5.11. The Balaban J connectivity index is 2.38. The summed E-state index contributed by atoms with van der Waals surface area (Å²) in [5, 5.41) is 3.60. The fourth-order valence-electron chi connectivity index (χ4n) is 2.65. The highest BCUT2D eigenvalue weighted by molar-refractivity contribution is 9.10. The highest BCUT2D eigenvalue weighted by Gasteiger charge is 2.30. The first-order chi connectivity index (χ1) is 9.21. The van der Waals surface area contributed by atoms with Crippen molar-refractivity contribution in [3.05, 3.63) is 22.2 Å². The summed E-state index contributed by atoms with van der Waals surface area (Å²) in [5.41, 5.74) is 1.20. The fraction of sp³-hybridized carbons (Fsp3) is 0.600. The Morgan fingerprint density at radius 1 is 1.26 bits per heavy atom. The van der Waals surface area contributed by atoms with E-state index in [1.165, 1.54) is 24.8 Å². The van der Waals surface area contributed by atoms with Crippen LogP contribution in [0, 0.1) is 5.92 Å². The van der Waals surface area contributed by atoms with Gasteiger partial charge in [-0.3, -0.25) is 0 Å². The molecule has 1 fully saturated rings. The predicted molar refractivity (Wildman–Crippen MR) is 81.0 cm³/mol. The van der Waals surface area contributed by atoms with Crippen molar-refractivity contribution in [2.45, 2.75) is 32.2 Å². The van der Waals surface area contributed by atoms with E-state index in [4.69, 9.17) is 9.47 Å². The molecule has 0 heterocycles. The van der Waals surface area contributed by atoms with E-state index in [1.807, 2.05) is 6.07 Å². The average Bonchev–Trinajstić information content (AvgIpc) is 2.35. The topological polar surface area (TPSA) is 30.5 Å². The van der Waals surface area contributed by atoms with Gasteiger partial charge < -0.3 is 14.8 Å². The Hall–Kier alpha value is -0.740. The molecule has 3 nitrogen and oxygen atoms in total. The zero-order valence-electron chi connectivity index (χ0n) is 11.8. The number of halogens is 1. The van der Waals surface area contributed by atoms with Crippen LogP contribution in [0.25, 0.3) is 0 Å². The molecular weight excluding hydrogens is 306 g/mol. The molecule has 0 bridgehead atoms. The van der Waals surface area contributed by atoms with E-state index in [1.54, 1.807) is 14.2 Å². The number of hydrogen-bond donors (Lipinski definition) is 1. The van der Waals surface area contributed by atoms with E-state index in [0.29, 0.717) is 12.0 Å². The first kappa shape index (κ1) is 14.7. The van der Waals surface area contributed by atoms with Crippen LogP contribution in [0.4, 0.5) is 0 Å². The Labute approximate surface area is 123 Å². The SMILES string of the molecule is CCNC(c1cc(OC)c(Br)cc1OC)C1CCC1. The molecule has 0 radical (unpaired) electrons. The minimum absolute atomic E-state index is 0.357. The van der Waals surface area contributed by atoms with Gasteiger partial charge in [0.05, 0.1) is 18.7 Å². The maximum absolute atomic E-state index is 5.55. The summed E-state index contributed by atoms with van der Waals surface area (Å²) >= 11 is 3.51. The lowest BCUT2D eigenvalue weighted by molar-refractivity contribution is 0.228. The normalized spacial score (nSPS) is 16.8. The molecule has 1 atom stereocenters. The summed E-state index contributed by atoms with van der Waals surface area (Å²) < 4.78 is 11.9. The molecule has 1 aromatic rings. The van der Waals surface area contributed by atoms with Crippen LogP contribution >= 0.6 is 15.9 Å². The number of methoxy groups -OCH3 is 2. The monoisotopic (exact) mass is 327 g/mol. The number of benzene rings is 1. The van der Waals surface area contributed by atoms with Gasteiger partial charge in [0, 0.05) is 11.6 Å². The van der Waals surface area contributed by atoms with Crippen LogP contribution in [-0.2, 0) is 0 Å². The predicted octanol–water partition coefficient (Wildman–Crippen LogP) is 3.92. The van der Waals surface area contributed by atoms with Crippen LogP contribution in [0.2, 0.25) is 0 Å². The summed E-state index contributed by atoms with van der Waals surface area (Å²) in [4.78, 5) is 0. The highest BCUT2D eigenvalue weighted by atomic mass is 79.9. The van der Waals surface area contributed by atoms with Gasteiger partial charge in [0.1, 0.15) is 11.5 Å². The van der Waals surface area contributed by atoms with Crippen molar-refractivity contribution in [3.8, 4) is 11.5 Å². The zero-order chi connectivity index (χ0) is 13.8. The molecule has 0 saturated heterocycles. The largest absolute Gasteiger partial charge is 0.496 e. The van der Waals surface area contributed by atoms with Crippen molar-refractivity contribution < 1.29 is 9.47 Å². The third-order valence-corrected chi connectivity index (χ3v) is 4.50. The van der Waals surface area contributed by atoms with Crippen molar-refractivity contribution in [2.24, 2.45) is 5.92 Å². The number of nitrogens with one attached hydrogen (secondary N) is 1. The molecular formula is C15H22BrNO2. The van der Waals surface area contributed by atoms with Crippen molar-refractivity contribution >= 4 is 15.9 Å². The van der Waals surface area contributed by atoms with Crippen LogP contribution in [0.3, 0.4) is 0 Å². The van der Waals surface area contributed by atoms with Gasteiger partial charge in [0.15, 0.2) is 0 Å². The molecule has 0 spiro atoms. The van der Waals surface area contributed by atoms with Crippen LogP contribution in [-0.4, -0.2) is 20.8 Å². The van der Waals surface area contributed by atoms with Gasteiger partial charge in [-0.15, -0.1) is 0 Å². The molecule has 1 aliphatic carbocycles.